The summed E-state index contributed by atoms with van der Waals surface area (Å²) in [6.07, 6.45) is 0.766. The average Bonchev–Trinajstić information content (AvgIpc) is 2.71. The number of aliphatic carboxylic acids is 1. The maximum Gasteiger partial charge on any atom is 0.308 e. The lowest BCUT2D eigenvalue weighted by molar-refractivity contribution is -0.136. The maximum atomic E-state index is 11.9. The minimum atomic E-state index is -3.57. The molecule has 0 saturated heterocycles. The van der Waals surface area contributed by atoms with Crippen molar-refractivity contribution in [3.05, 3.63) is 17.0 Å². The Labute approximate surface area is 115 Å². The average molecular weight is 305 g/mol. The number of hydrogen-bond acceptors (Lipinski definition) is 5. The third-order valence-corrected chi connectivity index (χ3v) is 6.00. The smallest absolute Gasteiger partial charge is 0.308 e. The molecule has 8 heteroatoms. The van der Waals surface area contributed by atoms with Gasteiger partial charge in [0.25, 0.3) is 0 Å². The highest BCUT2D eigenvalue weighted by Crippen LogP contribution is 2.27. The van der Waals surface area contributed by atoms with Crippen LogP contribution in [0.15, 0.2) is 16.3 Å². The first-order valence-corrected chi connectivity index (χ1v) is 8.15. The van der Waals surface area contributed by atoms with Crippen molar-refractivity contribution < 1.29 is 23.4 Å². The standard InChI is InChI=1S/C11H15NO5S2/c13-8-3-7(4-8)6-12-19(16,17)11-2-1-9(18-11)5-10(14)15/h1-2,7-8,12-13H,3-6H2,(H,14,15). The van der Waals surface area contributed by atoms with Crippen LogP contribution >= 0.6 is 11.3 Å². The summed E-state index contributed by atoms with van der Waals surface area (Å²) >= 11 is 0.965. The van der Waals surface area contributed by atoms with Crippen molar-refractivity contribution in [1.82, 2.24) is 4.72 Å². The Kier molecular flexibility index (Phi) is 4.24. The Bertz CT molecular complexity index is 559. The van der Waals surface area contributed by atoms with E-state index in [-0.39, 0.29) is 22.7 Å². The summed E-state index contributed by atoms with van der Waals surface area (Å²) in [6, 6.07) is 2.93. The summed E-state index contributed by atoms with van der Waals surface area (Å²) in [5.41, 5.74) is 0. The Morgan fingerprint density at radius 2 is 2.11 bits per heavy atom. The number of aliphatic hydroxyl groups excluding tert-OH is 1. The van der Waals surface area contributed by atoms with Crippen LogP contribution in [0.3, 0.4) is 0 Å². The van der Waals surface area contributed by atoms with Gasteiger partial charge in [0.15, 0.2) is 0 Å². The molecule has 1 aromatic heterocycles. The zero-order valence-electron chi connectivity index (χ0n) is 10.1. The number of rotatable bonds is 6. The van der Waals surface area contributed by atoms with Crippen LogP contribution in [0.5, 0.6) is 0 Å². The molecule has 1 aromatic rings. The molecule has 0 aliphatic heterocycles. The molecule has 0 radical (unpaired) electrons. The molecule has 0 bridgehead atoms. The highest BCUT2D eigenvalue weighted by atomic mass is 32.2. The summed E-state index contributed by atoms with van der Waals surface area (Å²) in [7, 11) is -3.57. The molecule has 0 amide bonds. The lowest BCUT2D eigenvalue weighted by Gasteiger charge is -2.31. The van der Waals surface area contributed by atoms with Crippen LogP contribution in [0.4, 0.5) is 0 Å². The second-order valence-electron chi connectivity index (χ2n) is 4.63. The molecule has 1 aliphatic rings. The van der Waals surface area contributed by atoms with E-state index < -0.39 is 16.0 Å². The number of aliphatic hydroxyl groups is 1. The fourth-order valence-electron chi connectivity index (χ4n) is 1.91. The second kappa shape index (κ2) is 5.58. The highest BCUT2D eigenvalue weighted by Gasteiger charge is 2.28. The van der Waals surface area contributed by atoms with Gasteiger partial charge in [0.2, 0.25) is 10.0 Å². The monoisotopic (exact) mass is 305 g/mol. The number of sulfonamides is 1. The van der Waals surface area contributed by atoms with Crippen LogP contribution in [0.1, 0.15) is 17.7 Å². The third kappa shape index (κ3) is 3.75. The van der Waals surface area contributed by atoms with Crippen LogP contribution in [-0.4, -0.2) is 37.2 Å². The molecular formula is C11H15NO5S2. The minimum absolute atomic E-state index is 0.128. The first-order valence-electron chi connectivity index (χ1n) is 5.85. The fraction of sp³-hybridized carbons (Fsp3) is 0.545. The number of carboxylic acids is 1. The Balaban J connectivity index is 1.95. The number of carboxylic acid groups (broad SMARTS) is 1. The van der Waals surface area contributed by atoms with E-state index in [4.69, 9.17) is 10.2 Å². The van der Waals surface area contributed by atoms with E-state index in [1.54, 1.807) is 0 Å². The van der Waals surface area contributed by atoms with Crippen molar-refractivity contribution in [2.75, 3.05) is 6.54 Å². The van der Waals surface area contributed by atoms with E-state index in [1.807, 2.05) is 0 Å². The maximum absolute atomic E-state index is 11.9. The summed E-state index contributed by atoms with van der Waals surface area (Å²) in [5.74, 6) is -0.801. The predicted octanol–water partition coefficient (Wildman–Crippen LogP) is 0.424. The van der Waals surface area contributed by atoms with Crippen molar-refractivity contribution in [1.29, 1.82) is 0 Å². The molecular weight excluding hydrogens is 290 g/mol. The number of nitrogens with one attached hydrogen (secondary N) is 1. The van der Waals surface area contributed by atoms with Gasteiger partial charge < -0.3 is 10.2 Å². The van der Waals surface area contributed by atoms with Gasteiger partial charge in [0, 0.05) is 11.4 Å². The first kappa shape index (κ1) is 14.4. The van der Waals surface area contributed by atoms with Gasteiger partial charge in [-0.05, 0) is 30.9 Å². The number of thiophene rings is 1. The van der Waals surface area contributed by atoms with Gasteiger partial charge in [-0.1, -0.05) is 0 Å². The lowest BCUT2D eigenvalue weighted by Crippen LogP contribution is -2.38. The van der Waals surface area contributed by atoms with Crippen LogP contribution in [-0.2, 0) is 21.2 Å². The van der Waals surface area contributed by atoms with Gasteiger partial charge in [-0.2, -0.15) is 0 Å². The largest absolute Gasteiger partial charge is 0.481 e. The molecule has 1 aliphatic carbocycles. The number of hydrogen-bond donors (Lipinski definition) is 3. The van der Waals surface area contributed by atoms with Gasteiger partial charge in [-0.3, -0.25) is 4.79 Å². The Morgan fingerprint density at radius 3 is 2.68 bits per heavy atom. The quantitative estimate of drug-likeness (QED) is 0.707. The van der Waals surface area contributed by atoms with Gasteiger partial charge in [-0.15, -0.1) is 11.3 Å². The fourth-order valence-corrected chi connectivity index (χ4v) is 4.42. The molecule has 6 nitrogen and oxygen atoms in total. The second-order valence-corrected chi connectivity index (χ2v) is 7.80. The van der Waals surface area contributed by atoms with E-state index in [1.165, 1.54) is 12.1 Å². The van der Waals surface area contributed by atoms with E-state index in [0.717, 1.165) is 11.3 Å². The van der Waals surface area contributed by atoms with E-state index in [0.29, 0.717) is 24.3 Å². The normalized spacial score (nSPS) is 23.0. The van der Waals surface area contributed by atoms with Crippen LogP contribution < -0.4 is 4.72 Å². The molecule has 3 N–H and O–H groups in total. The lowest BCUT2D eigenvalue weighted by atomic mass is 9.83. The third-order valence-electron chi connectivity index (χ3n) is 3.00. The highest BCUT2D eigenvalue weighted by molar-refractivity contribution is 7.91. The summed E-state index contributed by atoms with van der Waals surface area (Å²) in [5, 5.41) is 17.8. The molecule has 1 saturated carbocycles. The Hall–Kier alpha value is -0.960. The molecule has 19 heavy (non-hydrogen) atoms. The predicted molar refractivity (Wildman–Crippen MR) is 69.6 cm³/mol. The van der Waals surface area contributed by atoms with Crippen molar-refractivity contribution in [3.8, 4) is 0 Å². The molecule has 0 aromatic carbocycles. The molecule has 0 spiro atoms. The number of carbonyl (C=O) groups is 1. The van der Waals surface area contributed by atoms with Crippen molar-refractivity contribution in [3.63, 3.8) is 0 Å². The topological polar surface area (TPSA) is 104 Å². The molecule has 1 fully saturated rings. The van der Waals surface area contributed by atoms with Crippen molar-refractivity contribution >= 4 is 27.3 Å². The zero-order chi connectivity index (χ0) is 14.0. The van der Waals surface area contributed by atoms with Gasteiger partial charge in [0.1, 0.15) is 4.21 Å². The van der Waals surface area contributed by atoms with Crippen LogP contribution in [0, 0.1) is 5.92 Å². The summed E-state index contributed by atoms with van der Waals surface area (Å²) in [4.78, 5) is 11.0. The first-order chi connectivity index (χ1) is 8.87. The zero-order valence-corrected chi connectivity index (χ0v) is 11.7. The Morgan fingerprint density at radius 1 is 1.42 bits per heavy atom. The van der Waals surface area contributed by atoms with E-state index in [9.17, 15) is 13.2 Å². The van der Waals surface area contributed by atoms with Crippen molar-refractivity contribution in [2.45, 2.75) is 29.6 Å². The molecule has 106 valence electrons. The molecule has 0 unspecified atom stereocenters. The van der Waals surface area contributed by atoms with Crippen LogP contribution in [0.25, 0.3) is 0 Å². The van der Waals surface area contributed by atoms with Gasteiger partial charge in [0.05, 0.1) is 12.5 Å². The summed E-state index contributed by atoms with van der Waals surface area (Å²) < 4.78 is 26.5. The van der Waals surface area contributed by atoms with Gasteiger partial charge >= 0.3 is 5.97 Å². The van der Waals surface area contributed by atoms with Gasteiger partial charge in [-0.25, -0.2) is 13.1 Å². The van der Waals surface area contributed by atoms with Crippen molar-refractivity contribution in [2.24, 2.45) is 5.92 Å². The van der Waals surface area contributed by atoms with Crippen LogP contribution in [0.2, 0.25) is 0 Å². The molecule has 1 heterocycles. The minimum Gasteiger partial charge on any atom is -0.481 e. The SMILES string of the molecule is O=C(O)Cc1ccc(S(=O)(=O)NCC2CC(O)C2)s1. The molecule has 2 rings (SSSR count). The van der Waals surface area contributed by atoms with E-state index >= 15 is 0 Å². The molecule has 0 atom stereocenters. The summed E-state index contributed by atoms with van der Waals surface area (Å²) in [6.45, 7) is 0.311. The van der Waals surface area contributed by atoms with E-state index in [2.05, 4.69) is 4.72 Å².